The van der Waals surface area contributed by atoms with Crippen molar-refractivity contribution in [3.63, 3.8) is 0 Å². The van der Waals surface area contributed by atoms with Gasteiger partial charge in [0.15, 0.2) is 12.4 Å². The second kappa shape index (κ2) is 12.5. The zero-order valence-electron chi connectivity index (χ0n) is 26.4. The van der Waals surface area contributed by atoms with E-state index >= 15 is 0 Å². The summed E-state index contributed by atoms with van der Waals surface area (Å²) in [7, 11) is 0. The van der Waals surface area contributed by atoms with Gasteiger partial charge in [-0.05, 0) is 89.9 Å². The second-order valence-electron chi connectivity index (χ2n) is 14.0. The van der Waals surface area contributed by atoms with E-state index in [2.05, 4.69) is 30.8 Å². The molecule has 1 saturated heterocycles. The summed E-state index contributed by atoms with van der Waals surface area (Å²) in [5.41, 5.74) is 2.24. The van der Waals surface area contributed by atoms with Crippen LogP contribution in [0.1, 0.15) is 102 Å². The Morgan fingerprint density at radius 3 is 2.58 bits per heavy atom. The molecule has 43 heavy (non-hydrogen) atoms. The maximum Gasteiger partial charge on any atom is 0.313 e. The molecule has 234 valence electrons. The first-order chi connectivity index (χ1) is 20.3. The number of benzene rings is 1. The van der Waals surface area contributed by atoms with Crippen LogP contribution in [0.3, 0.4) is 0 Å². The summed E-state index contributed by atoms with van der Waals surface area (Å²) in [6.07, 6.45) is 4.30. The predicted octanol–water partition coefficient (Wildman–Crippen LogP) is 6.07. The lowest BCUT2D eigenvalue weighted by Gasteiger charge is -2.32. The van der Waals surface area contributed by atoms with Gasteiger partial charge in [-0.15, -0.1) is 0 Å². The highest BCUT2D eigenvalue weighted by Crippen LogP contribution is 2.35. The van der Waals surface area contributed by atoms with Gasteiger partial charge in [0, 0.05) is 41.7 Å². The molecule has 3 aromatic rings. The third-order valence-electron chi connectivity index (χ3n) is 8.73. The minimum absolute atomic E-state index is 0.00163. The number of hydrogen-bond acceptors (Lipinski definition) is 8. The number of halogens is 1. The molecule has 0 radical (unpaired) electrons. The van der Waals surface area contributed by atoms with Crippen LogP contribution in [0, 0.1) is 23.6 Å². The fourth-order valence-corrected chi connectivity index (χ4v) is 6.88. The lowest BCUT2D eigenvalue weighted by Crippen LogP contribution is -2.38. The number of esters is 1. The number of nitrogens with zero attached hydrogens (tertiary/aromatic N) is 4. The quantitative estimate of drug-likeness (QED) is 0.217. The molecule has 1 atom stereocenters. The largest absolute Gasteiger partial charge is 0.438 e. The zero-order chi connectivity index (χ0) is 30.9. The molecule has 0 spiro atoms. The van der Waals surface area contributed by atoms with Gasteiger partial charge in [-0.1, -0.05) is 25.9 Å². The summed E-state index contributed by atoms with van der Waals surface area (Å²) in [4.78, 5) is 33.5. The van der Waals surface area contributed by atoms with E-state index in [9.17, 15) is 14.0 Å². The van der Waals surface area contributed by atoms with Crippen LogP contribution in [0.4, 0.5) is 4.39 Å². The molecule has 0 amide bonds. The van der Waals surface area contributed by atoms with E-state index in [1.54, 1.807) is 10.6 Å². The topological polar surface area (TPSA) is 99.7 Å². The molecule has 2 aromatic heterocycles. The van der Waals surface area contributed by atoms with Gasteiger partial charge in [0.1, 0.15) is 17.7 Å². The smallest absolute Gasteiger partial charge is 0.313 e. The van der Waals surface area contributed by atoms with Crippen LogP contribution in [0.25, 0.3) is 11.0 Å². The number of ether oxygens (including phenoxy) is 2. The van der Waals surface area contributed by atoms with Crippen molar-refractivity contribution in [1.29, 1.82) is 0 Å². The molecule has 2 aliphatic heterocycles. The molecule has 1 aromatic carbocycles. The van der Waals surface area contributed by atoms with Crippen molar-refractivity contribution in [3.8, 4) is 0 Å². The lowest BCUT2D eigenvalue weighted by molar-refractivity contribution is -0.174. The molecule has 4 heterocycles. The first-order valence-electron chi connectivity index (χ1n) is 15.5. The normalized spacial score (nSPS) is 18.6. The molecule has 1 unspecified atom stereocenters. The highest BCUT2D eigenvalue weighted by atomic mass is 19.1. The predicted molar refractivity (Wildman–Crippen MR) is 161 cm³/mol. The highest BCUT2D eigenvalue weighted by molar-refractivity contribution is 5.80. The van der Waals surface area contributed by atoms with Crippen molar-refractivity contribution in [2.24, 2.45) is 10.8 Å². The number of hydrogen-bond donors (Lipinski definition) is 0. The van der Waals surface area contributed by atoms with E-state index in [0.29, 0.717) is 30.8 Å². The van der Waals surface area contributed by atoms with Gasteiger partial charge >= 0.3 is 5.97 Å². The molecular formula is C33H45FN4O5. The molecule has 0 bridgehead atoms. The number of fused-ring (bicyclic) bond motifs is 2. The zero-order valence-corrected chi connectivity index (χ0v) is 26.4. The Bertz CT molecular complexity index is 1510. The van der Waals surface area contributed by atoms with Crippen molar-refractivity contribution in [2.75, 3.05) is 26.4 Å². The summed E-state index contributed by atoms with van der Waals surface area (Å²) >= 11 is 0. The Morgan fingerprint density at radius 2 is 1.86 bits per heavy atom. The van der Waals surface area contributed by atoms with Gasteiger partial charge in [-0.2, -0.15) is 0 Å². The van der Waals surface area contributed by atoms with Gasteiger partial charge in [0.05, 0.1) is 11.1 Å². The standard InChI is InChI=1S/C33H45FN4O5/c1-21-24(13-17-37-15-11-22(12-16-37)28-25-10-9-23(34)18-27(25)43-36-28)30(39)38-14-7-8-26(29(38)35-21)41-20-42-31(40)33(5,6)19-32(2,3)4/h9-10,18,22,26H,7-8,11-17,19-20H2,1-6H3. The number of piperidine rings is 1. The average Bonchev–Trinajstić information content (AvgIpc) is 3.35. The molecular weight excluding hydrogens is 551 g/mol. The van der Waals surface area contributed by atoms with E-state index in [-0.39, 0.29) is 35.5 Å². The third-order valence-corrected chi connectivity index (χ3v) is 8.73. The van der Waals surface area contributed by atoms with Crippen LogP contribution in [-0.4, -0.2) is 52.0 Å². The molecule has 1 fully saturated rings. The summed E-state index contributed by atoms with van der Waals surface area (Å²) in [5.74, 6) is 0.265. The summed E-state index contributed by atoms with van der Waals surface area (Å²) in [5, 5.41) is 5.13. The van der Waals surface area contributed by atoms with E-state index in [0.717, 1.165) is 67.7 Å². The Morgan fingerprint density at radius 1 is 1.12 bits per heavy atom. The van der Waals surface area contributed by atoms with Gasteiger partial charge in [-0.3, -0.25) is 14.2 Å². The van der Waals surface area contributed by atoms with Crippen molar-refractivity contribution in [3.05, 3.63) is 57.1 Å². The Kier molecular flexibility index (Phi) is 9.09. The number of aryl methyl sites for hydroxylation is 1. The maximum atomic E-state index is 13.6. The van der Waals surface area contributed by atoms with E-state index < -0.39 is 11.5 Å². The van der Waals surface area contributed by atoms with Crippen molar-refractivity contribution < 1.29 is 23.2 Å². The second-order valence-corrected chi connectivity index (χ2v) is 14.0. The first kappa shape index (κ1) is 31.3. The molecule has 0 aliphatic carbocycles. The van der Waals surface area contributed by atoms with Crippen molar-refractivity contribution >= 4 is 16.9 Å². The molecule has 5 rings (SSSR count). The van der Waals surface area contributed by atoms with Crippen LogP contribution >= 0.6 is 0 Å². The van der Waals surface area contributed by atoms with Crippen molar-refractivity contribution in [1.82, 2.24) is 19.6 Å². The molecule has 9 nitrogen and oxygen atoms in total. The number of carbonyl (C=O) groups excluding carboxylic acids is 1. The number of carbonyl (C=O) groups is 1. The van der Waals surface area contributed by atoms with Gasteiger partial charge in [-0.25, -0.2) is 9.37 Å². The van der Waals surface area contributed by atoms with E-state index in [4.69, 9.17) is 19.0 Å². The summed E-state index contributed by atoms with van der Waals surface area (Å²) in [6.45, 7) is 15.0. The lowest BCUT2D eigenvalue weighted by atomic mass is 9.76. The Labute approximate surface area is 252 Å². The van der Waals surface area contributed by atoms with E-state index in [1.807, 2.05) is 20.8 Å². The van der Waals surface area contributed by atoms with Crippen LogP contribution < -0.4 is 5.56 Å². The number of rotatable bonds is 9. The number of likely N-dealkylation sites (tertiary alicyclic amines) is 1. The minimum atomic E-state index is -0.618. The summed E-state index contributed by atoms with van der Waals surface area (Å²) < 4.78 is 32.2. The Balaban J connectivity index is 1.17. The minimum Gasteiger partial charge on any atom is -0.438 e. The van der Waals surface area contributed by atoms with Crippen LogP contribution in [0.15, 0.2) is 27.5 Å². The monoisotopic (exact) mass is 596 g/mol. The average molecular weight is 597 g/mol. The Hall–Kier alpha value is -3.11. The molecule has 0 N–H and O–H groups in total. The van der Waals surface area contributed by atoms with E-state index in [1.165, 1.54) is 12.1 Å². The summed E-state index contributed by atoms with van der Waals surface area (Å²) in [6, 6.07) is 4.58. The fourth-order valence-electron chi connectivity index (χ4n) is 6.88. The molecule has 10 heteroatoms. The third kappa shape index (κ3) is 7.17. The molecule has 2 aliphatic rings. The fraction of sp³-hybridized carbons (Fsp3) is 0.636. The maximum absolute atomic E-state index is 13.6. The number of aromatic nitrogens is 3. The SMILES string of the molecule is Cc1nc2n(c(=O)c1CCN1CCC(c3noc4cc(F)ccc34)CC1)CCCC2OCOC(=O)C(C)(C)CC(C)(C)C. The van der Waals surface area contributed by atoms with Crippen LogP contribution in [-0.2, 0) is 27.2 Å². The van der Waals surface area contributed by atoms with Crippen LogP contribution in [0.5, 0.6) is 0 Å². The van der Waals surface area contributed by atoms with Gasteiger partial charge in [0.2, 0.25) is 0 Å². The highest BCUT2D eigenvalue weighted by Gasteiger charge is 2.35. The van der Waals surface area contributed by atoms with Crippen LogP contribution in [0.2, 0.25) is 0 Å². The van der Waals surface area contributed by atoms with Gasteiger partial charge in [0.25, 0.3) is 5.56 Å². The molecule has 0 saturated carbocycles. The first-order valence-corrected chi connectivity index (χ1v) is 15.5. The van der Waals surface area contributed by atoms with Crippen molar-refractivity contribution in [2.45, 2.75) is 98.6 Å². The van der Waals surface area contributed by atoms with Gasteiger partial charge < -0.3 is 18.9 Å².